The molecule has 2 aromatic heterocycles. The monoisotopic (exact) mass is 250 g/mol. The minimum Gasteiger partial charge on any atom is -0.355 e. The molecule has 5 heteroatoms. The number of hydrogen-bond donors (Lipinski definition) is 0. The maximum Gasteiger partial charge on any atom is 0.128 e. The van der Waals surface area contributed by atoms with Crippen LogP contribution in [-0.2, 0) is 19.5 Å². The molecule has 17 heavy (non-hydrogen) atoms. The summed E-state index contributed by atoms with van der Waals surface area (Å²) < 4.78 is 1.80. The van der Waals surface area contributed by atoms with Crippen LogP contribution in [0.25, 0.3) is 0 Å². The van der Waals surface area contributed by atoms with Crippen LogP contribution < -0.4 is 4.90 Å². The molecule has 0 aliphatic carbocycles. The molecule has 0 amide bonds. The molecule has 0 saturated heterocycles. The van der Waals surface area contributed by atoms with Crippen molar-refractivity contribution in [2.24, 2.45) is 7.05 Å². The molecular formula is C12H15ClN4. The van der Waals surface area contributed by atoms with Crippen LogP contribution in [0, 0.1) is 0 Å². The number of halogens is 1. The van der Waals surface area contributed by atoms with E-state index in [1.165, 1.54) is 0 Å². The van der Waals surface area contributed by atoms with Gasteiger partial charge < -0.3 is 4.90 Å². The molecule has 0 radical (unpaired) electrons. The average molecular weight is 251 g/mol. The van der Waals surface area contributed by atoms with E-state index >= 15 is 0 Å². The lowest BCUT2D eigenvalue weighted by Crippen LogP contribution is -2.17. The highest BCUT2D eigenvalue weighted by Crippen LogP contribution is 2.15. The van der Waals surface area contributed by atoms with Gasteiger partial charge in [-0.25, -0.2) is 4.98 Å². The van der Waals surface area contributed by atoms with Gasteiger partial charge in [0.15, 0.2) is 0 Å². The first-order valence-corrected chi connectivity index (χ1v) is 5.92. The summed E-state index contributed by atoms with van der Waals surface area (Å²) in [5, 5.41) is 4.15. The Balaban J connectivity index is 2.11. The molecule has 0 spiro atoms. The zero-order chi connectivity index (χ0) is 12.3. The number of hydrogen-bond acceptors (Lipinski definition) is 3. The summed E-state index contributed by atoms with van der Waals surface area (Å²) >= 11 is 5.81. The van der Waals surface area contributed by atoms with Crippen molar-refractivity contribution in [3.05, 3.63) is 41.9 Å². The van der Waals surface area contributed by atoms with Crippen molar-refractivity contribution < 1.29 is 0 Å². The maximum atomic E-state index is 5.81. The molecular weight excluding hydrogens is 236 g/mol. The lowest BCUT2D eigenvalue weighted by atomic mass is 10.2. The van der Waals surface area contributed by atoms with E-state index < -0.39 is 0 Å². The van der Waals surface area contributed by atoms with Crippen molar-refractivity contribution in [2.45, 2.75) is 12.4 Å². The average Bonchev–Trinajstić information content (AvgIpc) is 2.75. The van der Waals surface area contributed by atoms with Crippen molar-refractivity contribution in [3.8, 4) is 0 Å². The smallest absolute Gasteiger partial charge is 0.128 e. The van der Waals surface area contributed by atoms with Crippen LogP contribution >= 0.6 is 11.6 Å². The van der Waals surface area contributed by atoms with E-state index in [0.29, 0.717) is 5.88 Å². The Labute approximate surface area is 106 Å². The minimum absolute atomic E-state index is 0.510. The lowest BCUT2D eigenvalue weighted by molar-refractivity contribution is 0.766. The fourth-order valence-electron chi connectivity index (χ4n) is 1.66. The molecule has 4 nitrogen and oxygen atoms in total. The molecule has 0 saturated carbocycles. The first kappa shape index (κ1) is 11.9. The molecule has 0 fully saturated rings. The summed E-state index contributed by atoms with van der Waals surface area (Å²) in [4.78, 5) is 6.41. The third-order valence-corrected chi connectivity index (χ3v) is 2.84. The van der Waals surface area contributed by atoms with Crippen molar-refractivity contribution in [1.82, 2.24) is 14.8 Å². The molecule has 2 heterocycles. The first-order valence-electron chi connectivity index (χ1n) is 5.38. The third-order valence-electron chi connectivity index (χ3n) is 2.53. The van der Waals surface area contributed by atoms with Crippen LogP contribution in [0.15, 0.2) is 30.7 Å². The molecule has 0 atom stereocenters. The van der Waals surface area contributed by atoms with E-state index in [1.54, 1.807) is 10.9 Å². The molecule has 0 bridgehead atoms. The Bertz CT molecular complexity index is 495. The van der Waals surface area contributed by atoms with E-state index in [4.69, 9.17) is 11.6 Å². The van der Waals surface area contributed by atoms with Gasteiger partial charge in [-0.3, -0.25) is 4.68 Å². The van der Waals surface area contributed by atoms with Crippen LogP contribution in [0.2, 0.25) is 0 Å². The number of pyridine rings is 1. The zero-order valence-corrected chi connectivity index (χ0v) is 10.7. The molecule has 0 aliphatic rings. The highest BCUT2D eigenvalue weighted by Gasteiger charge is 2.05. The van der Waals surface area contributed by atoms with Gasteiger partial charge in [0.2, 0.25) is 0 Å². The molecule has 0 aromatic carbocycles. The second-order valence-corrected chi connectivity index (χ2v) is 4.30. The van der Waals surface area contributed by atoms with Crippen molar-refractivity contribution in [1.29, 1.82) is 0 Å². The number of rotatable bonds is 4. The van der Waals surface area contributed by atoms with Crippen molar-refractivity contribution in [3.63, 3.8) is 0 Å². The Hall–Kier alpha value is -1.55. The van der Waals surface area contributed by atoms with Crippen LogP contribution in [0.4, 0.5) is 5.82 Å². The van der Waals surface area contributed by atoms with Crippen LogP contribution in [0.3, 0.4) is 0 Å². The van der Waals surface area contributed by atoms with Gasteiger partial charge in [-0.15, -0.1) is 11.6 Å². The Morgan fingerprint density at radius 2 is 2.24 bits per heavy atom. The van der Waals surface area contributed by atoms with E-state index in [9.17, 15) is 0 Å². The van der Waals surface area contributed by atoms with Gasteiger partial charge in [0.05, 0.1) is 6.20 Å². The highest BCUT2D eigenvalue weighted by molar-refractivity contribution is 6.17. The Morgan fingerprint density at radius 3 is 2.88 bits per heavy atom. The summed E-state index contributed by atoms with van der Waals surface area (Å²) in [5.41, 5.74) is 2.24. The summed E-state index contributed by atoms with van der Waals surface area (Å²) in [7, 11) is 3.92. The Kier molecular flexibility index (Phi) is 3.64. The summed E-state index contributed by atoms with van der Waals surface area (Å²) in [6.45, 7) is 0.784. The SMILES string of the molecule is CN(Cc1cnn(C)c1)c1cc(CCl)ccn1. The molecule has 2 aromatic rings. The number of aromatic nitrogens is 3. The Morgan fingerprint density at radius 1 is 1.41 bits per heavy atom. The standard InChI is InChI=1S/C12H15ClN4/c1-16(8-11-7-15-17(2)9-11)12-5-10(6-13)3-4-14-12/h3-5,7,9H,6,8H2,1-2H3. The molecule has 0 N–H and O–H groups in total. The predicted octanol–water partition coefficient (Wildman–Crippen LogP) is 2.19. The highest BCUT2D eigenvalue weighted by atomic mass is 35.5. The third kappa shape index (κ3) is 2.97. The van der Waals surface area contributed by atoms with E-state index in [0.717, 1.165) is 23.5 Å². The normalized spacial score (nSPS) is 10.5. The second-order valence-electron chi connectivity index (χ2n) is 4.03. The van der Waals surface area contributed by atoms with Crippen molar-refractivity contribution in [2.75, 3.05) is 11.9 Å². The molecule has 0 unspecified atom stereocenters. The van der Waals surface area contributed by atoms with E-state index in [1.807, 2.05) is 38.6 Å². The second kappa shape index (κ2) is 5.19. The summed E-state index contributed by atoms with van der Waals surface area (Å²) in [5.74, 6) is 1.43. The van der Waals surface area contributed by atoms with E-state index in [2.05, 4.69) is 15.0 Å². The lowest BCUT2D eigenvalue weighted by Gasteiger charge is -2.17. The molecule has 0 aliphatic heterocycles. The number of aryl methyl sites for hydroxylation is 1. The quantitative estimate of drug-likeness (QED) is 0.780. The van der Waals surface area contributed by atoms with Crippen LogP contribution in [0.1, 0.15) is 11.1 Å². The topological polar surface area (TPSA) is 34.0 Å². The number of anilines is 1. The molecule has 90 valence electrons. The zero-order valence-electron chi connectivity index (χ0n) is 9.97. The maximum absolute atomic E-state index is 5.81. The van der Waals surface area contributed by atoms with Gasteiger partial charge in [-0.05, 0) is 17.7 Å². The van der Waals surface area contributed by atoms with Crippen LogP contribution in [0.5, 0.6) is 0 Å². The van der Waals surface area contributed by atoms with Gasteiger partial charge in [0.25, 0.3) is 0 Å². The summed E-state index contributed by atoms with van der Waals surface area (Å²) in [6.07, 6.45) is 5.65. The fraction of sp³-hybridized carbons (Fsp3) is 0.333. The first-order chi connectivity index (χ1) is 8.19. The van der Waals surface area contributed by atoms with Gasteiger partial charge in [0.1, 0.15) is 5.82 Å². The van der Waals surface area contributed by atoms with Gasteiger partial charge in [0, 0.05) is 44.5 Å². The van der Waals surface area contributed by atoms with E-state index in [-0.39, 0.29) is 0 Å². The predicted molar refractivity (Wildman–Crippen MR) is 69.1 cm³/mol. The fourth-order valence-corrected chi connectivity index (χ4v) is 1.83. The number of nitrogens with zero attached hydrogens (tertiary/aromatic N) is 4. The van der Waals surface area contributed by atoms with Gasteiger partial charge in [-0.1, -0.05) is 0 Å². The minimum atomic E-state index is 0.510. The molecule has 2 rings (SSSR count). The van der Waals surface area contributed by atoms with Gasteiger partial charge >= 0.3 is 0 Å². The summed E-state index contributed by atoms with van der Waals surface area (Å²) in [6, 6.07) is 3.93. The van der Waals surface area contributed by atoms with Gasteiger partial charge in [-0.2, -0.15) is 5.10 Å². The van der Waals surface area contributed by atoms with Crippen molar-refractivity contribution >= 4 is 17.4 Å². The largest absolute Gasteiger partial charge is 0.355 e. The number of alkyl halides is 1. The van der Waals surface area contributed by atoms with Crippen LogP contribution in [-0.4, -0.2) is 21.8 Å².